The van der Waals surface area contributed by atoms with Gasteiger partial charge in [0.15, 0.2) is 0 Å². The van der Waals surface area contributed by atoms with Crippen LogP contribution in [0, 0.1) is 0 Å². The van der Waals surface area contributed by atoms with Crippen LogP contribution in [0.2, 0.25) is 0 Å². The van der Waals surface area contributed by atoms with Crippen LogP contribution in [0.15, 0.2) is 0 Å². The van der Waals surface area contributed by atoms with Gasteiger partial charge >= 0.3 is 0 Å². The van der Waals surface area contributed by atoms with Gasteiger partial charge < -0.3 is 19.3 Å². The van der Waals surface area contributed by atoms with E-state index in [1.54, 1.807) is 14.2 Å². The molecule has 0 aliphatic carbocycles. The molecule has 4 heteroatoms. The molecule has 0 radical (unpaired) electrons. The lowest BCUT2D eigenvalue weighted by molar-refractivity contribution is -0.198. The summed E-state index contributed by atoms with van der Waals surface area (Å²) in [5.74, 6) is 0. The second-order valence-electron chi connectivity index (χ2n) is 3.00. The van der Waals surface area contributed by atoms with Crippen molar-refractivity contribution in [2.75, 3.05) is 20.8 Å². The maximum Gasteiger partial charge on any atom is 0.114 e. The van der Waals surface area contributed by atoms with Crippen molar-refractivity contribution in [1.29, 1.82) is 0 Å². The van der Waals surface area contributed by atoms with Crippen LogP contribution in [0.1, 0.15) is 6.92 Å². The molecule has 1 aliphatic heterocycles. The summed E-state index contributed by atoms with van der Waals surface area (Å²) < 4.78 is 15.5. The second kappa shape index (κ2) is 4.18. The summed E-state index contributed by atoms with van der Waals surface area (Å²) in [4.78, 5) is 0. The molecule has 1 unspecified atom stereocenters. The van der Waals surface area contributed by atoms with Gasteiger partial charge in [0.25, 0.3) is 0 Å². The van der Waals surface area contributed by atoms with Crippen LogP contribution < -0.4 is 0 Å². The smallest absolute Gasteiger partial charge is 0.114 e. The number of rotatable bonds is 2. The molecule has 12 heavy (non-hydrogen) atoms. The number of ether oxygens (including phenoxy) is 3. The van der Waals surface area contributed by atoms with Gasteiger partial charge in [-0.2, -0.15) is 0 Å². The van der Waals surface area contributed by atoms with E-state index in [2.05, 4.69) is 0 Å². The molecule has 4 atom stereocenters. The predicted molar refractivity (Wildman–Crippen MR) is 43.0 cm³/mol. The van der Waals surface area contributed by atoms with Crippen molar-refractivity contribution in [3.05, 3.63) is 0 Å². The molecule has 0 bridgehead atoms. The highest BCUT2D eigenvalue weighted by Gasteiger charge is 2.37. The minimum atomic E-state index is -0.603. The molecule has 1 aliphatic rings. The first kappa shape index (κ1) is 9.92. The van der Waals surface area contributed by atoms with Crippen LogP contribution in [-0.4, -0.2) is 50.3 Å². The molecule has 0 aromatic heterocycles. The summed E-state index contributed by atoms with van der Waals surface area (Å²) in [7, 11) is 3.15. The highest BCUT2D eigenvalue weighted by Crippen LogP contribution is 2.19. The Morgan fingerprint density at radius 3 is 2.50 bits per heavy atom. The fourth-order valence-corrected chi connectivity index (χ4v) is 1.42. The molecule has 1 N–H and O–H groups in total. The largest absolute Gasteiger partial charge is 0.388 e. The lowest BCUT2D eigenvalue weighted by Crippen LogP contribution is -2.53. The van der Waals surface area contributed by atoms with Gasteiger partial charge in [0.05, 0.1) is 12.7 Å². The predicted octanol–water partition coefficient (Wildman–Crippen LogP) is -0.204. The molecule has 0 saturated carbocycles. The van der Waals surface area contributed by atoms with Crippen molar-refractivity contribution in [2.24, 2.45) is 0 Å². The van der Waals surface area contributed by atoms with E-state index in [1.165, 1.54) is 0 Å². The van der Waals surface area contributed by atoms with E-state index >= 15 is 0 Å². The normalized spacial score (nSPS) is 43.0. The first-order chi connectivity index (χ1) is 5.70. The Balaban J connectivity index is 2.58. The van der Waals surface area contributed by atoms with Gasteiger partial charge in [0, 0.05) is 14.2 Å². The quantitative estimate of drug-likeness (QED) is 0.632. The summed E-state index contributed by atoms with van der Waals surface area (Å²) >= 11 is 0. The molecular weight excluding hydrogens is 160 g/mol. The maximum absolute atomic E-state index is 9.61. The monoisotopic (exact) mass is 176 g/mol. The van der Waals surface area contributed by atoms with Crippen LogP contribution in [0.3, 0.4) is 0 Å². The van der Waals surface area contributed by atoms with Crippen LogP contribution in [-0.2, 0) is 14.2 Å². The fourth-order valence-electron chi connectivity index (χ4n) is 1.42. The number of hydrogen-bond donors (Lipinski definition) is 1. The van der Waals surface area contributed by atoms with E-state index in [0.29, 0.717) is 6.61 Å². The summed E-state index contributed by atoms with van der Waals surface area (Å²) in [5.41, 5.74) is 0. The van der Waals surface area contributed by atoms with Crippen molar-refractivity contribution in [2.45, 2.75) is 31.3 Å². The molecule has 1 fully saturated rings. The number of hydrogen-bond acceptors (Lipinski definition) is 4. The van der Waals surface area contributed by atoms with Crippen molar-refractivity contribution >= 4 is 0 Å². The van der Waals surface area contributed by atoms with Crippen LogP contribution >= 0.6 is 0 Å². The van der Waals surface area contributed by atoms with Gasteiger partial charge in [-0.05, 0) is 6.92 Å². The highest BCUT2D eigenvalue weighted by molar-refractivity contribution is 4.86. The van der Waals surface area contributed by atoms with Crippen molar-refractivity contribution < 1.29 is 19.3 Å². The maximum atomic E-state index is 9.61. The lowest BCUT2D eigenvalue weighted by atomic mass is 10.0. The molecule has 1 heterocycles. The Bertz CT molecular complexity index is 137. The first-order valence-electron chi connectivity index (χ1n) is 4.06. The van der Waals surface area contributed by atoms with E-state index in [1.807, 2.05) is 6.92 Å². The Hall–Kier alpha value is -0.160. The number of aliphatic hydroxyl groups excluding tert-OH is 1. The summed E-state index contributed by atoms with van der Waals surface area (Å²) in [5, 5.41) is 9.61. The first-order valence-corrected chi connectivity index (χ1v) is 4.06. The highest BCUT2D eigenvalue weighted by atomic mass is 16.6. The van der Waals surface area contributed by atoms with Gasteiger partial charge in [-0.15, -0.1) is 0 Å². The van der Waals surface area contributed by atoms with E-state index in [-0.39, 0.29) is 18.3 Å². The Morgan fingerprint density at radius 1 is 1.33 bits per heavy atom. The lowest BCUT2D eigenvalue weighted by Gasteiger charge is -2.37. The molecule has 1 saturated heterocycles. The van der Waals surface area contributed by atoms with E-state index in [9.17, 15) is 5.11 Å². The Morgan fingerprint density at radius 2 is 2.00 bits per heavy atom. The average Bonchev–Trinajstić information content (AvgIpc) is 2.09. The van der Waals surface area contributed by atoms with Gasteiger partial charge in [-0.25, -0.2) is 0 Å². The molecule has 0 spiro atoms. The van der Waals surface area contributed by atoms with E-state index in [0.717, 1.165) is 0 Å². The summed E-state index contributed by atoms with van der Waals surface area (Å²) in [6.45, 7) is 2.30. The van der Waals surface area contributed by atoms with Crippen molar-refractivity contribution in [1.82, 2.24) is 0 Å². The van der Waals surface area contributed by atoms with Gasteiger partial charge in [-0.1, -0.05) is 0 Å². The van der Waals surface area contributed by atoms with Gasteiger partial charge in [0.1, 0.15) is 18.3 Å². The summed E-state index contributed by atoms with van der Waals surface area (Å²) in [6, 6.07) is 0. The Kier molecular flexibility index (Phi) is 3.46. The van der Waals surface area contributed by atoms with E-state index < -0.39 is 6.10 Å². The molecule has 4 nitrogen and oxygen atoms in total. The topological polar surface area (TPSA) is 47.9 Å². The number of aliphatic hydroxyl groups is 1. The minimum absolute atomic E-state index is 0.166. The van der Waals surface area contributed by atoms with Crippen LogP contribution in [0.5, 0.6) is 0 Å². The summed E-state index contributed by atoms with van der Waals surface area (Å²) in [6.07, 6.45) is -1.23. The molecule has 0 aromatic rings. The average molecular weight is 176 g/mol. The zero-order chi connectivity index (χ0) is 9.14. The van der Waals surface area contributed by atoms with Gasteiger partial charge in [-0.3, -0.25) is 0 Å². The second-order valence-corrected chi connectivity index (χ2v) is 3.00. The zero-order valence-electron chi connectivity index (χ0n) is 7.69. The molecule has 0 amide bonds. The SMILES string of the molecule is CO[C@H]1[C@H](OC)COC(C)[C@@H]1O. The van der Waals surface area contributed by atoms with Crippen molar-refractivity contribution in [3.8, 4) is 0 Å². The minimum Gasteiger partial charge on any atom is -0.388 e. The molecular formula is C8H16O4. The molecule has 0 aromatic carbocycles. The van der Waals surface area contributed by atoms with Crippen LogP contribution in [0.25, 0.3) is 0 Å². The third-order valence-electron chi connectivity index (χ3n) is 2.28. The third kappa shape index (κ3) is 1.77. The van der Waals surface area contributed by atoms with E-state index in [4.69, 9.17) is 14.2 Å². The van der Waals surface area contributed by atoms with Crippen molar-refractivity contribution in [3.63, 3.8) is 0 Å². The fraction of sp³-hybridized carbons (Fsp3) is 1.00. The van der Waals surface area contributed by atoms with Crippen LogP contribution in [0.4, 0.5) is 0 Å². The Labute approximate surface area is 72.4 Å². The third-order valence-corrected chi connectivity index (χ3v) is 2.28. The zero-order valence-corrected chi connectivity index (χ0v) is 7.69. The van der Waals surface area contributed by atoms with Gasteiger partial charge in [0.2, 0.25) is 0 Å². The number of methoxy groups -OCH3 is 2. The molecule has 72 valence electrons. The molecule has 1 rings (SSSR count). The standard InChI is InChI=1S/C8H16O4/c1-5-7(9)8(11-3)6(10-2)4-12-5/h5-9H,4H2,1-3H3/t5?,6-,7+,8+/m1/s1.